The number of hydrogen-bond acceptors (Lipinski definition) is 5. The molecule has 6 nitrogen and oxygen atoms in total. The predicted octanol–water partition coefficient (Wildman–Crippen LogP) is 4.03. The second kappa shape index (κ2) is 6.80. The van der Waals surface area contributed by atoms with Gasteiger partial charge < -0.3 is 10.1 Å². The van der Waals surface area contributed by atoms with Gasteiger partial charge in [-0.25, -0.2) is 4.98 Å². The fourth-order valence-corrected chi connectivity index (χ4v) is 3.45. The summed E-state index contributed by atoms with van der Waals surface area (Å²) in [6.07, 6.45) is 4.79. The SMILES string of the molecule is O=[N+]([O-])c1ccc(N[C@H]2CCO[C@@H](C3CC3)C2)nc1-c1ccccc1. The molecule has 1 aliphatic heterocycles. The first-order chi connectivity index (χ1) is 12.2. The molecule has 1 saturated heterocycles. The number of aromatic nitrogens is 1. The smallest absolute Gasteiger partial charge is 0.295 e. The zero-order chi connectivity index (χ0) is 17.2. The van der Waals surface area contributed by atoms with Crippen LogP contribution < -0.4 is 5.32 Å². The van der Waals surface area contributed by atoms with Crippen LogP contribution in [0.15, 0.2) is 42.5 Å². The van der Waals surface area contributed by atoms with Gasteiger partial charge in [0, 0.05) is 24.3 Å². The van der Waals surface area contributed by atoms with Crippen LogP contribution in [0.1, 0.15) is 25.7 Å². The topological polar surface area (TPSA) is 77.3 Å². The molecule has 2 heterocycles. The normalized spacial score (nSPS) is 23.2. The van der Waals surface area contributed by atoms with Crippen LogP contribution in [0.3, 0.4) is 0 Å². The monoisotopic (exact) mass is 339 g/mol. The summed E-state index contributed by atoms with van der Waals surface area (Å²) in [7, 11) is 0. The summed E-state index contributed by atoms with van der Waals surface area (Å²) >= 11 is 0. The van der Waals surface area contributed by atoms with Gasteiger partial charge in [0.2, 0.25) is 0 Å². The minimum Gasteiger partial charge on any atom is -0.378 e. The van der Waals surface area contributed by atoms with E-state index in [1.54, 1.807) is 6.07 Å². The van der Waals surface area contributed by atoms with Crippen molar-refractivity contribution in [2.24, 2.45) is 5.92 Å². The number of rotatable bonds is 5. The van der Waals surface area contributed by atoms with Gasteiger partial charge in [0.15, 0.2) is 5.69 Å². The van der Waals surface area contributed by atoms with Gasteiger partial charge >= 0.3 is 0 Å². The van der Waals surface area contributed by atoms with Gasteiger partial charge in [-0.1, -0.05) is 30.3 Å². The Morgan fingerprint density at radius 1 is 1.12 bits per heavy atom. The number of pyridine rings is 1. The summed E-state index contributed by atoms with van der Waals surface area (Å²) in [5, 5.41) is 14.8. The van der Waals surface area contributed by atoms with Gasteiger partial charge in [0.1, 0.15) is 5.82 Å². The van der Waals surface area contributed by atoms with E-state index in [0.29, 0.717) is 29.6 Å². The molecule has 4 rings (SSSR count). The molecule has 0 amide bonds. The van der Waals surface area contributed by atoms with Gasteiger partial charge in [-0.15, -0.1) is 0 Å². The van der Waals surface area contributed by atoms with Gasteiger partial charge in [-0.3, -0.25) is 10.1 Å². The van der Waals surface area contributed by atoms with E-state index in [1.165, 1.54) is 18.9 Å². The third-order valence-corrected chi connectivity index (χ3v) is 4.93. The lowest BCUT2D eigenvalue weighted by Gasteiger charge is -2.30. The quantitative estimate of drug-likeness (QED) is 0.657. The lowest BCUT2D eigenvalue weighted by Crippen LogP contribution is -2.35. The van der Waals surface area contributed by atoms with Crippen LogP contribution in [0.2, 0.25) is 0 Å². The van der Waals surface area contributed by atoms with Crippen molar-refractivity contribution in [3.8, 4) is 11.3 Å². The first-order valence-electron chi connectivity index (χ1n) is 8.79. The van der Waals surface area contributed by atoms with Crippen LogP contribution in [-0.4, -0.2) is 28.7 Å². The maximum atomic E-state index is 11.3. The van der Waals surface area contributed by atoms with Gasteiger partial charge in [-0.2, -0.15) is 0 Å². The van der Waals surface area contributed by atoms with Crippen LogP contribution in [0.25, 0.3) is 11.3 Å². The first-order valence-corrected chi connectivity index (χ1v) is 8.79. The maximum Gasteiger partial charge on any atom is 0.295 e. The third kappa shape index (κ3) is 3.64. The molecule has 6 heteroatoms. The second-order valence-electron chi connectivity index (χ2n) is 6.80. The molecule has 0 unspecified atom stereocenters. The number of nitro groups is 1. The predicted molar refractivity (Wildman–Crippen MR) is 95.4 cm³/mol. The highest BCUT2D eigenvalue weighted by atomic mass is 16.6. The van der Waals surface area contributed by atoms with Crippen molar-refractivity contribution in [1.29, 1.82) is 0 Å². The molecular weight excluding hydrogens is 318 g/mol. The molecular formula is C19H21N3O3. The molecule has 25 heavy (non-hydrogen) atoms. The van der Waals surface area contributed by atoms with Crippen molar-refractivity contribution in [2.45, 2.75) is 37.8 Å². The van der Waals surface area contributed by atoms with E-state index in [1.807, 2.05) is 30.3 Å². The Morgan fingerprint density at radius 3 is 2.64 bits per heavy atom. The summed E-state index contributed by atoms with van der Waals surface area (Å²) in [6.45, 7) is 0.761. The van der Waals surface area contributed by atoms with Crippen LogP contribution in [0.5, 0.6) is 0 Å². The molecule has 2 aliphatic rings. The molecule has 130 valence electrons. The van der Waals surface area contributed by atoms with E-state index in [9.17, 15) is 10.1 Å². The highest BCUT2D eigenvalue weighted by molar-refractivity contribution is 5.71. The number of anilines is 1. The molecule has 2 atom stereocenters. The molecule has 1 aromatic carbocycles. The number of benzene rings is 1. The standard InChI is InChI=1S/C19H21N3O3/c23-22(24)16-8-9-18(21-19(16)14-4-2-1-3-5-14)20-15-10-11-25-17(12-15)13-6-7-13/h1-5,8-9,13,15,17H,6-7,10-12H2,(H,20,21)/t15-,17+/m0/s1. The maximum absolute atomic E-state index is 11.3. The number of nitrogens with one attached hydrogen (secondary N) is 1. The Balaban J connectivity index is 1.57. The molecule has 0 bridgehead atoms. The number of hydrogen-bond donors (Lipinski definition) is 1. The van der Waals surface area contributed by atoms with Crippen molar-refractivity contribution >= 4 is 11.5 Å². The molecule has 2 aromatic rings. The zero-order valence-electron chi connectivity index (χ0n) is 13.9. The average Bonchev–Trinajstić information content (AvgIpc) is 3.48. The zero-order valence-corrected chi connectivity index (χ0v) is 13.9. The van der Waals surface area contributed by atoms with Crippen molar-refractivity contribution in [2.75, 3.05) is 11.9 Å². The average molecular weight is 339 g/mol. The van der Waals surface area contributed by atoms with Crippen molar-refractivity contribution in [1.82, 2.24) is 4.98 Å². The number of ether oxygens (including phenoxy) is 1. The first kappa shape index (κ1) is 16.0. The minimum absolute atomic E-state index is 0.0274. The van der Waals surface area contributed by atoms with E-state index in [2.05, 4.69) is 10.3 Å². The summed E-state index contributed by atoms with van der Waals surface area (Å²) < 4.78 is 5.86. The van der Waals surface area contributed by atoms with Crippen molar-refractivity contribution < 1.29 is 9.66 Å². The van der Waals surface area contributed by atoms with E-state index in [0.717, 1.165) is 25.0 Å². The molecule has 0 spiro atoms. The fraction of sp³-hybridized carbons (Fsp3) is 0.421. The van der Waals surface area contributed by atoms with Crippen molar-refractivity contribution in [3.05, 3.63) is 52.6 Å². The Bertz CT molecular complexity index is 762. The minimum atomic E-state index is -0.378. The highest BCUT2D eigenvalue weighted by Crippen LogP contribution is 2.38. The Kier molecular flexibility index (Phi) is 4.36. The molecule has 1 aliphatic carbocycles. The molecule has 0 radical (unpaired) electrons. The molecule has 1 N–H and O–H groups in total. The molecule has 1 aromatic heterocycles. The second-order valence-corrected chi connectivity index (χ2v) is 6.80. The van der Waals surface area contributed by atoms with E-state index >= 15 is 0 Å². The van der Waals surface area contributed by atoms with Crippen LogP contribution in [-0.2, 0) is 4.74 Å². The third-order valence-electron chi connectivity index (χ3n) is 4.93. The number of nitrogens with zero attached hydrogens (tertiary/aromatic N) is 2. The van der Waals surface area contributed by atoms with E-state index in [4.69, 9.17) is 4.74 Å². The summed E-state index contributed by atoms with van der Waals surface area (Å²) in [5.41, 5.74) is 1.18. The van der Waals surface area contributed by atoms with Crippen LogP contribution in [0.4, 0.5) is 11.5 Å². The molecule has 2 fully saturated rings. The van der Waals surface area contributed by atoms with Crippen LogP contribution >= 0.6 is 0 Å². The van der Waals surface area contributed by atoms with Gasteiger partial charge in [0.25, 0.3) is 5.69 Å². The van der Waals surface area contributed by atoms with Gasteiger partial charge in [-0.05, 0) is 37.7 Å². The summed E-state index contributed by atoms with van der Waals surface area (Å²) in [6, 6.07) is 12.8. The Hall–Kier alpha value is -2.47. The largest absolute Gasteiger partial charge is 0.378 e. The summed E-state index contributed by atoms with van der Waals surface area (Å²) in [5.74, 6) is 1.40. The van der Waals surface area contributed by atoms with Crippen molar-refractivity contribution in [3.63, 3.8) is 0 Å². The molecule has 1 saturated carbocycles. The fourth-order valence-electron chi connectivity index (χ4n) is 3.45. The highest BCUT2D eigenvalue weighted by Gasteiger charge is 2.36. The Labute approximate surface area is 146 Å². The lowest BCUT2D eigenvalue weighted by atomic mass is 10.00. The summed E-state index contributed by atoms with van der Waals surface area (Å²) in [4.78, 5) is 15.5. The lowest BCUT2D eigenvalue weighted by molar-refractivity contribution is -0.384. The van der Waals surface area contributed by atoms with E-state index in [-0.39, 0.29) is 10.6 Å². The Morgan fingerprint density at radius 2 is 1.92 bits per heavy atom. The van der Waals surface area contributed by atoms with Crippen LogP contribution in [0, 0.1) is 16.0 Å². The van der Waals surface area contributed by atoms with E-state index < -0.39 is 0 Å². The van der Waals surface area contributed by atoms with Gasteiger partial charge in [0.05, 0.1) is 11.0 Å².